The zero-order valence-electron chi connectivity index (χ0n) is 19.0. The van der Waals surface area contributed by atoms with Crippen LogP contribution in [0, 0.1) is 6.92 Å². The van der Waals surface area contributed by atoms with Crippen LogP contribution in [-0.4, -0.2) is 34.9 Å². The van der Waals surface area contributed by atoms with Crippen molar-refractivity contribution in [2.75, 3.05) is 19.4 Å². The summed E-state index contributed by atoms with van der Waals surface area (Å²) in [5.41, 5.74) is 4.89. The van der Waals surface area contributed by atoms with Gasteiger partial charge in [0, 0.05) is 28.5 Å². The van der Waals surface area contributed by atoms with Gasteiger partial charge >= 0.3 is 0 Å². The number of hydrogen-bond donors (Lipinski definition) is 1. The van der Waals surface area contributed by atoms with Crippen molar-refractivity contribution in [2.24, 2.45) is 4.99 Å². The fraction of sp³-hybridized carbons (Fsp3) is 0.185. The molecule has 168 valence electrons. The predicted octanol–water partition coefficient (Wildman–Crippen LogP) is 5.75. The summed E-state index contributed by atoms with van der Waals surface area (Å²) in [6, 6.07) is 25.7. The van der Waals surface area contributed by atoms with Gasteiger partial charge in [-0.25, -0.2) is 4.68 Å². The minimum Gasteiger partial charge on any atom is -0.497 e. The molecule has 0 amide bonds. The highest BCUT2D eigenvalue weighted by Crippen LogP contribution is 2.24. The summed E-state index contributed by atoms with van der Waals surface area (Å²) in [5.74, 6) is 1.61. The number of aliphatic imine (C=N–C) groups is 1. The molecule has 0 atom stereocenters. The van der Waals surface area contributed by atoms with Crippen LogP contribution in [0.5, 0.6) is 5.75 Å². The van der Waals surface area contributed by atoms with Gasteiger partial charge in [-0.3, -0.25) is 14.9 Å². The zero-order valence-corrected chi connectivity index (χ0v) is 19.9. The molecule has 5 nitrogen and oxygen atoms in total. The van der Waals surface area contributed by atoms with E-state index >= 15 is 0 Å². The second kappa shape index (κ2) is 10.4. The lowest BCUT2D eigenvalue weighted by Gasteiger charge is -2.05. The van der Waals surface area contributed by atoms with E-state index < -0.39 is 0 Å². The summed E-state index contributed by atoms with van der Waals surface area (Å²) < 4.78 is 6.86. The van der Waals surface area contributed by atoms with Gasteiger partial charge in [-0.05, 0) is 62.4 Å². The van der Waals surface area contributed by atoms with Gasteiger partial charge in [-0.1, -0.05) is 35.9 Å². The van der Waals surface area contributed by atoms with Crippen molar-refractivity contribution in [1.82, 2.24) is 9.78 Å². The number of thioether (sulfide) groups is 1. The van der Waals surface area contributed by atoms with Gasteiger partial charge < -0.3 is 4.74 Å². The second-order valence-electron chi connectivity index (χ2n) is 7.70. The molecular weight excluding hydrogens is 430 g/mol. The van der Waals surface area contributed by atoms with E-state index in [9.17, 15) is 4.79 Å². The highest BCUT2D eigenvalue weighted by molar-refractivity contribution is 7.99. The van der Waals surface area contributed by atoms with Gasteiger partial charge in [0.1, 0.15) is 5.75 Å². The number of benzene rings is 3. The molecule has 1 N–H and O–H groups in total. The van der Waals surface area contributed by atoms with E-state index in [1.807, 2.05) is 61.5 Å². The average molecular weight is 458 g/mol. The number of nitrogens with zero attached hydrogens (tertiary/aromatic N) is 2. The highest BCUT2D eigenvalue weighted by Gasteiger charge is 2.19. The van der Waals surface area contributed by atoms with Gasteiger partial charge in [-0.15, -0.1) is 11.8 Å². The van der Waals surface area contributed by atoms with Crippen molar-refractivity contribution in [2.45, 2.75) is 18.7 Å². The third kappa shape index (κ3) is 5.29. The molecule has 0 unspecified atom stereocenters. The summed E-state index contributed by atoms with van der Waals surface area (Å²) in [7, 11) is 1.64. The van der Waals surface area contributed by atoms with Crippen LogP contribution in [0.4, 0.5) is 0 Å². The monoisotopic (exact) mass is 457 g/mol. The van der Waals surface area contributed by atoms with Crippen LogP contribution >= 0.6 is 11.8 Å². The van der Waals surface area contributed by atoms with Gasteiger partial charge in [-0.2, -0.15) is 0 Å². The lowest BCUT2D eigenvalue weighted by Crippen LogP contribution is -2.19. The van der Waals surface area contributed by atoms with E-state index in [1.165, 1.54) is 10.5 Å². The Labute approximate surface area is 198 Å². The van der Waals surface area contributed by atoms with Crippen molar-refractivity contribution in [1.29, 1.82) is 0 Å². The van der Waals surface area contributed by atoms with Gasteiger partial charge in [0.05, 0.1) is 24.1 Å². The van der Waals surface area contributed by atoms with Gasteiger partial charge in [0.25, 0.3) is 5.56 Å². The van der Waals surface area contributed by atoms with Gasteiger partial charge in [0.2, 0.25) is 0 Å². The summed E-state index contributed by atoms with van der Waals surface area (Å²) in [5, 5.41) is 3.30. The molecular formula is C27H27N3O2S. The number of aromatic nitrogens is 2. The van der Waals surface area contributed by atoms with Crippen LogP contribution in [0.15, 0.2) is 93.5 Å². The molecule has 0 aliphatic heterocycles. The quantitative estimate of drug-likeness (QED) is 0.208. The maximum Gasteiger partial charge on any atom is 0.280 e. The number of H-pyrrole nitrogens is 1. The van der Waals surface area contributed by atoms with Crippen LogP contribution < -0.4 is 10.3 Å². The SMILES string of the molecule is COc1ccc(-c2[nH]n(-c3ccccc3)c(=O)c2C(C)=NCCSc2ccc(C)cc2)cc1. The Morgan fingerprint density at radius 1 is 1.00 bits per heavy atom. The van der Waals surface area contributed by atoms with E-state index in [-0.39, 0.29) is 5.56 Å². The molecule has 1 aromatic heterocycles. The average Bonchev–Trinajstić information content (AvgIpc) is 3.20. The Kier molecular flexibility index (Phi) is 7.15. The first-order valence-corrected chi connectivity index (χ1v) is 11.8. The molecule has 6 heteroatoms. The molecule has 1 heterocycles. The summed E-state index contributed by atoms with van der Waals surface area (Å²) in [4.78, 5) is 19.4. The maximum atomic E-state index is 13.4. The third-order valence-electron chi connectivity index (χ3n) is 5.38. The molecule has 4 aromatic rings. The standard InChI is InChI=1S/C27H27N3O2S/c1-19-9-15-24(16-10-19)33-18-17-28-20(2)25-26(21-11-13-23(32-3)14-12-21)29-30(27(25)31)22-7-5-4-6-8-22/h4-16,29H,17-18H2,1-3H3. The third-order valence-corrected chi connectivity index (χ3v) is 6.37. The smallest absolute Gasteiger partial charge is 0.280 e. The molecule has 33 heavy (non-hydrogen) atoms. The summed E-state index contributed by atoms with van der Waals surface area (Å²) >= 11 is 1.77. The largest absolute Gasteiger partial charge is 0.497 e. The van der Waals surface area contributed by atoms with Crippen molar-refractivity contribution in [3.05, 3.63) is 100 Å². The number of para-hydroxylation sites is 1. The zero-order chi connectivity index (χ0) is 23.2. The molecule has 4 rings (SSSR count). The number of nitrogens with one attached hydrogen (secondary N) is 1. The molecule has 0 bridgehead atoms. The summed E-state index contributed by atoms with van der Waals surface area (Å²) in [6.07, 6.45) is 0. The Hall–Kier alpha value is -3.51. The molecule has 0 spiro atoms. The fourth-order valence-electron chi connectivity index (χ4n) is 3.59. The number of ether oxygens (including phenoxy) is 1. The lowest BCUT2D eigenvalue weighted by atomic mass is 10.1. The number of methoxy groups -OCH3 is 1. The van der Waals surface area contributed by atoms with Gasteiger partial charge in [0.15, 0.2) is 0 Å². The van der Waals surface area contributed by atoms with Crippen LogP contribution in [0.2, 0.25) is 0 Å². The molecule has 0 aliphatic rings. The minimum atomic E-state index is -0.112. The highest BCUT2D eigenvalue weighted by atomic mass is 32.2. The molecule has 3 aromatic carbocycles. The normalized spacial score (nSPS) is 11.5. The first kappa shape index (κ1) is 22.7. The second-order valence-corrected chi connectivity index (χ2v) is 8.86. The Bertz CT molecular complexity index is 1290. The van der Waals surface area contributed by atoms with E-state index in [1.54, 1.807) is 23.6 Å². The molecule has 0 saturated heterocycles. The number of aryl methyl sites for hydroxylation is 1. The van der Waals surface area contributed by atoms with E-state index in [0.717, 1.165) is 34.2 Å². The van der Waals surface area contributed by atoms with Crippen molar-refractivity contribution < 1.29 is 4.74 Å². The molecule has 0 saturated carbocycles. The minimum absolute atomic E-state index is 0.112. The van der Waals surface area contributed by atoms with E-state index in [4.69, 9.17) is 9.73 Å². The van der Waals surface area contributed by atoms with Crippen molar-refractivity contribution in [3.63, 3.8) is 0 Å². The summed E-state index contributed by atoms with van der Waals surface area (Å²) in [6.45, 7) is 4.62. The lowest BCUT2D eigenvalue weighted by molar-refractivity contribution is 0.415. The Balaban J connectivity index is 1.64. The van der Waals surface area contributed by atoms with Crippen LogP contribution in [0.25, 0.3) is 16.9 Å². The van der Waals surface area contributed by atoms with E-state index in [0.29, 0.717) is 12.1 Å². The number of rotatable bonds is 8. The molecule has 0 fully saturated rings. The molecule has 0 radical (unpaired) electrons. The maximum absolute atomic E-state index is 13.4. The van der Waals surface area contributed by atoms with Crippen LogP contribution in [0.3, 0.4) is 0 Å². The first-order valence-electron chi connectivity index (χ1n) is 10.8. The molecule has 0 aliphatic carbocycles. The van der Waals surface area contributed by atoms with Crippen molar-refractivity contribution in [3.8, 4) is 22.7 Å². The predicted molar refractivity (Wildman–Crippen MR) is 137 cm³/mol. The Morgan fingerprint density at radius 2 is 1.70 bits per heavy atom. The number of hydrogen-bond acceptors (Lipinski definition) is 4. The van der Waals surface area contributed by atoms with Crippen LogP contribution in [-0.2, 0) is 0 Å². The first-order chi connectivity index (χ1) is 16.1. The van der Waals surface area contributed by atoms with Crippen molar-refractivity contribution >= 4 is 17.5 Å². The topological polar surface area (TPSA) is 59.4 Å². The fourth-order valence-corrected chi connectivity index (χ4v) is 4.34. The Morgan fingerprint density at radius 3 is 2.36 bits per heavy atom. The number of aromatic amines is 1. The van der Waals surface area contributed by atoms with E-state index in [2.05, 4.69) is 36.3 Å². The van der Waals surface area contributed by atoms with Crippen LogP contribution in [0.1, 0.15) is 18.1 Å².